The summed E-state index contributed by atoms with van der Waals surface area (Å²) in [6.45, 7) is 18.1. The molecule has 2 heterocycles. The van der Waals surface area contributed by atoms with E-state index in [1.165, 1.54) is 10.4 Å². The largest absolute Gasteiger partial charge is 0.403 e. The van der Waals surface area contributed by atoms with Crippen molar-refractivity contribution in [3.8, 4) is 11.5 Å². The highest BCUT2D eigenvalue weighted by molar-refractivity contribution is 6.99. The quantitative estimate of drug-likeness (QED) is 0.288. The number of hydrogen-bond donors (Lipinski definition) is 0. The molecule has 0 bridgehead atoms. The van der Waals surface area contributed by atoms with Gasteiger partial charge in [-0.05, 0) is 47.4 Å². The predicted octanol–water partition coefficient (Wildman–Crippen LogP) is 6.25. The molecule has 2 aromatic carbocycles. The van der Waals surface area contributed by atoms with Gasteiger partial charge < -0.3 is 18.6 Å². The van der Waals surface area contributed by atoms with E-state index in [4.69, 9.17) is 18.6 Å². The summed E-state index contributed by atoms with van der Waals surface area (Å²) in [4.78, 5) is 0. The molecule has 1 unspecified atom stereocenters. The first kappa shape index (κ1) is 29.3. The highest BCUT2D eigenvalue weighted by Gasteiger charge is 2.57. The second kappa shape index (κ2) is 11.0. The normalized spacial score (nSPS) is 25.1. The Bertz CT molecular complexity index is 1060. The molecule has 0 saturated carbocycles. The van der Waals surface area contributed by atoms with Gasteiger partial charge in [0.15, 0.2) is 17.7 Å². The highest BCUT2D eigenvalue weighted by atomic mass is 28.4. The molecule has 0 amide bonds. The van der Waals surface area contributed by atoms with Crippen molar-refractivity contribution in [1.29, 1.82) is 0 Å². The lowest BCUT2D eigenvalue weighted by atomic mass is 10.0. The van der Waals surface area contributed by atoms with E-state index in [0.29, 0.717) is 13.0 Å². The maximum Gasteiger partial charge on any atom is 0.261 e. The first-order chi connectivity index (χ1) is 17.9. The van der Waals surface area contributed by atoms with E-state index >= 15 is 0 Å². The molecule has 2 fully saturated rings. The molecule has 0 N–H and O–H groups in total. The molecule has 6 heteroatoms. The number of hydrogen-bond acceptors (Lipinski definition) is 4. The van der Waals surface area contributed by atoms with E-state index in [0.717, 1.165) is 18.1 Å². The lowest BCUT2D eigenvalue weighted by Gasteiger charge is -2.44. The van der Waals surface area contributed by atoms with E-state index < -0.39 is 34.1 Å². The molecule has 2 aliphatic heterocycles. The summed E-state index contributed by atoms with van der Waals surface area (Å²) in [6.07, 6.45) is 0.0690. The Morgan fingerprint density at radius 1 is 0.842 bits per heavy atom. The molecule has 3 atom stereocenters. The van der Waals surface area contributed by atoms with Crippen molar-refractivity contribution in [3.05, 3.63) is 60.7 Å². The minimum absolute atomic E-state index is 0.122. The van der Waals surface area contributed by atoms with Crippen LogP contribution in [-0.4, -0.2) is 46.8 Å². The van der Waals surface area contributed by atoms with Crippen LogP contribution in [0.5, 0.6) is 0 Å². The zero-order valence-corrected chi connectivity index (χ0v) is 26.6. The van der Waals surface area contributed by atoms with Gasteiger partial charge in [0.25, 0.3) is 8.32 Å². The fourth-order valence-electron chi connectivity index (χ4n) is 6.09. The fourth-order valence-corrected chi connectivity index (χ4v) is 13.2. The molecule has 2 aromatic rings. The van der Waals surface area contributed by atoms with Gasteiger partial charge in [-0.3, -0.25) is 0 Å². The maximum absolute atomic E-state index is 7.35. The summed E-state index contributed by atoms with van der Waals surface area (Å²) >= 11 is 0. The van der Waals surface area contributed by atoms with Crippen LogP contribution in [0.25, 0.3) is 0 Å². The van der Waals surface area contributed by atoms with Gasteiger partial charge in [0, 0.05) is 6.42 Å². The van der Waals surface area contributed by atoms with Crippen LogP contribution in [0.1, 0.15) is 61.8 Å². The molecular weight excluding hydrogens is 505 g/mol. The first-order valence-electron chi connectivity index (χ1n) is 14.3. The highest BCUT2D eigenvalue weighted by Crippen LogP contribution is 2.44. The van der Waals surface area contributed by atoms with Crippen molar-refractivity contribution >= 4 is 26.8 Å². The summed E-state index contributed by atoms with van der Waals surface area (Å²) in [7, 11) is -4.45. The van der Waals surface area contributed by atoms with Gasteiger partial charge in [0.1, 0.15) is 14.2 Å². The molecule has 0 spiro atoms. The third kappa shape index (κ3) is 5.61. The summed E-state index contributed by atoms with van der Waals surface area (Å²) in [5.41, 5.74) is 3.05. The minimum Gasteiger partial charge on any atom is -0.403 e. The lowest BCUT2D eigenvalue weighted by Crippen LogP contribution is -2.67. The topological polar surface area (TPSA) is 36.9 Å². The number of fused-ring (bicyclic) bond motifs is 1. The smallest absolute Gasteiger partial charge is 0.261 e. The van der Waals surface area contributed by atoms with E-state index in [1.807, 2.05) is 13.8 Å². The second-order valence-corrected chi connectivity index (χ2v) is 21.6. The van der Waals surface area contributed by atoms with Crippen LogP contribution in [0.3, 0.4) is 0 Å². The minimum atomic E-state index is -2.75. The van der Waals surface area contributed by atoms with Gasteiger partial charge in [-0.2, -0.15) is 0 Å². The average Bonchev–Trinajstić information content (AvgIpc) is 3.36. The maximum atomic E-state index is 7.35. The van der Waals surface area contributed by atoms with Crippen LogP contribution in [-0.2, 0) is 18.6 Å². The Kier molecular flexibility index (Phi) is 8.50. The first-order valence-corrected chi connectivity index (χ1v) is 18.8. The molecular formula is C32H46O4Si2. The molecule has 0 aliphatic carbocycles. The van der Waals surface area contributed by atoms with E-state index in [9.17, 15) is 0 Å². The van der Waals surface area contributed by atoms with Gasteiger partial charge in [0.05, 0.1) is 6.61 Å². The van der Waals surface area contributed by atoms with Gasteiger partial charge in [-0.25, -0.2) is 0 Å². The summed E-state index contributed by atoms with van der Waals surface area (Å²) in [6, 6.07) is 25.0. The Morgan fingerprint density at radius 2 is 1.37 bits per heavy atom. The van der Waals surface area contributed by atoms with E-state index in [2.05, 4.69) is 114 Å². The number of benzene rings is 2. The van der Waals surface area contributed by atoms with Crippen LogP contribution < -0.4 is 10.4 Å². The van der Waals surface area contributed by atoms with Crippen LogP contribution in [0, 0.1) is 11.5 Å². The Hall–Kier alpha value is -1.73. The molecule has 0 radical (unpaired) electrons. The molecule has 2 aliphatic rings. The summed E-state index contributed by atoms with van der Waals surface area (Å²) in [5, 5.41) is 2.39. The average molecular weight is 551 g/mol. The Morgan fingerprint density at radius 3 is 1.82 bits per heavy atom. The molecule has 206 valence electrons. The van der Waals surface area contributed by atoms with Gasteiger partial charge in [-0.1, -0.05) is 108 Å². The van der Waals surface area contributed by atoms with Crippen LogP contribution in [0.15, 0.2) is 60.7 Å². The van der Waals surface area contributed by atoms with Crippen molar-refractivity contribution in [3.63, 3.8) is 0 Å². The molecule has 4 rings (SSSR count). The third-order valence-corrected chi connectivity index (χ3v) is 18.2. The SMILES string of the molecule is CC[Si](C#C[C@@]1(CO[Si](c2ccccc2)(c2ccccc2)C(C)(C)C)CC2OC(C)(C)O[C@@H]2O1)(CC)CC. The monoisotopic (exact) mass is 550 g/mol. The van der Waals surface area contributed by atoms with E-state index in [-0.39, 0.29) is 11.1 Å². The predicted molar refractivity (Wildman–Crippen MR) is 161 cm³/mol. The fraction of sp³-hybridized carbons (Fsp3) is 0.562. The van der Waals surface area contributed by atoms with Gasteiger partial charge in [0.2, 0.25) is 0 Å². The summed E-state index contributed by atoms with van der Waals surface area (Å²) < 4.78 is 26.5. The molecule has 2 saturated heterocycles. The van der Waals surface area contributed by atoms with Gasteiger partial charge >= 0.3 is 0 Å². The third-order valence-electron chi connectivity index (χ3n) is 8.54. The van der Waals surface area contributed by atoms with Crippen molar-refractivity contribution in [2.75, 3.05) is 6.61 Å². The van der Waals surface area contributed by atoms with Crippen LogP contribution >= 0.6 is 0 Å². The van der Waals surface area contributed by atoms with Crippen molar-refractivity contribution in [2.24, 2.45) is 0 Å². The Labute approximate surface area is 232 Å². The van der Waals surface area contributed by atoms with Crippen LogP contribution in [0.4, 0.5) is 0 Å². The second-order valence-electron chi connectivity index (χ2n) is 12.4. The molecule has 38 heavy (non-hydrogen) atoms. The van der Waals surface area contributed by atoms with Crippen molar-refractivity contribution in [1.82, 2.24) is 0 Å². The lowest BCUT2D eigenvalue weighted by molar-refractivity contribution is -0.218. The Balaban J connectivity index is 1.79. The van der Waals surface area contributed by atoms with Crippen molar-refractivity contribution in [2.45, 2.75) is 109 Å². The van der Waals surface area contributed by atoms with Crippen molar-refractivity contribution < 1.29 is 18.6 Å². The standard InChI is InChI=1S/C32H46O4Si2/c1-9-37(10-2,11-3)23-22-32(24-28-29(36-32)35-31(7,8)34-28)25-33-38(30(4,5)6,26-18-14-12-15-19-26)27-20-16-13-17-21-27/h12-21,28-29H,9-11,24-25H2,1-8H3/t28?,29-,32+/m1/s1. The molecule has 0 aromatic heterocycles. The zero-order valence-electron chi connectivity index (χ0n) is 24.6. The van der Waals surface area contributed by atoms with E-state index in [1.54, 1.807) is 0 Å². The molecule has 4 nitrogen and oxygen atoms in total. The number of ether oxygens (including phenoxy) is 3. The van der Waals surface area contributed by atoms with Crippen LogP contribution in [0.2, 0.25) is 23.2 Å². The van der Waals surface area contributed by atoms with Gasteiger partial charge in [-0.15, -0.1) is 5.54 Å². The summed E-state index contributed by atoms with van der Waals surface area (Å²) in [5.74, 6) is 3.05. The number of rotatable bonds is 8. The zero-order chi connectivity index (χ0) is 27.7.